The van der Waals surface area contributed by atoms with Gasteiger partial charge < -0.3 is 15.7 Å². The number of fused-ring (bicyclic) bond motifs is 2. The zero-order valence-corrected chi connectivity index (χ0v) is 12.9. The molecule has 0 aliphatic heterocycles. The number of hydrogen-bond acceptors (Lipinski definition) is 3. The second-order valence-electron chi connectivity index (χ2n) is 5.90. The fraction of sp³-hybridized carbons (Fsp3) is 0.857. The van der Waals surface area contributed by atoms with Crippen LogP contribution in [0.5, 0.6) is 0 Å². The Hall–Kier alpha value is -0.910. The van der Waals surface area contributed by atoms with Crippen LogP contribution < -0.4 is 10.6 Å². The molecule has 5 nitrogen and oxygen atoms in total. The van der Waals surface area contributed by atoms with Crippen molar-refractivity contribution < 1.29 is 14.7 Å². The van der Waals surface area contributed by atoms with Crippen LogP contribution in [0.4, 0.5) is 4.79 Å². The number of thioether (sulfide) groups is 1. The summed E-state index contributed by atoms with van der Waals surface area (Å²) in [6.07, 6.45) is 5.88. The molecule has 5 atom stereocenters. The van der Waals surface area contributed by atoms with Gasteiger partial charge in [-0.2, -0.15) is 11.8 Å². The molecule has 0 aromatic heterocycles. The molecule has 2 fully saturated rings. The van der Waals surface area contributed by atoms with Gasteiger partial charge in [0.1, 0.15) is 0 Å². The van der Waals surface area contributed by atoms with Gasteiger partial charge in [-0.3, -0.25) is 4.79 Å². The fourth-order valence-electron chi connectivity index (χ4n) is 3.70. The van der Waals surface area contributed by atoms with Gasteiger partial charge in [-0.15, -0.1) is 0 Å². The standard InChI is InChI=1S/C14H24N2O3S/c1-3-10(7-20-2)15-14(19)16-12-9-5-4-8(6-9)11(12)13(17)18/h8-12H,3-7H2,1-2H3,(H,17,18)(H2,15,16,19). The Labute approximate surface area is 124 Å². The van der Waals surface area contributed by atoms with Crippen molar-refractivity contribution in [1.29, 1.82) is 0 Å². The Morgan fingerprint density at radius 3 is 2.65 bits per heavy atom. The van der Waals surface area contributed by atoms with Crippen LogP contribution in [0.15, 0.2) is 0 Å². The van der Waals surface area contributed by atoms with Crippen molar-refractivity contribution in [2.24, 2.45) is 17.8 Å². The topological polar surface area (TPSA) is 78.4 Å². The van der Waals surface area contributed by atoms with Gasteiger partial charge >= 0.3 is 12.0 Å². The number of hydrogen-bond donors (Lipinski definition) is 3. The highest BCUT2D eigenvalue weighted by atomic mass is 32.2. The number of amides is 2. The van der Waals surface area contributed by atoms with Crippen molar-refractivity contribution in [2.45, 2.75) is 44.7 Å². The van der Waals surface area contributed by atoms with E-state index in [-0.39, 0.29) is 24.0 Å². The molecule has 20 heavy (non-hydrogen) atoms. The molecule has 2 saturated carbocycles. The summed E-state index contributed by atoms with van der Waals surface area (Å²) >= 11 is 1.70. The molecule has 3 N–H and O–H groups in total. The van der Waals surface area contributed by atoms with E-state index in [1.54, 1.807) is 11.8 Å². The van der Waals surface area contributed by atoms with Gasteiger partial charge in [0.15, 0.2) is 0 Å². The molecule has 6 heteroatoms. The third kappa shape index (κ3) is 3.22. The fourth-order valence-corrected chi connectivity index (χ4v) is 4.42. The van der Waals surface area contributed by atoms with Crippen LogP contribution in [0.2, 0.25) is 0 Å². The van der Waals surface area contributed by atoms with Crippen molar-refractivity contribution in [3.63, 3.8) is 0 Å². The lowest BCUT2D eigenvalue weighted by Gasteiger charge is -2.29. The molecule has 2 rings (SSSR count). The van der Waals surface area contributed by atoms with E-state index in [1.807, 2.05) is 13.2 Å². The molecule has 2 amide bonds. The van der Waals surface area contributed by atoms with Gasteiger partial charge in [-0.25, -0.2) is 4.79 Å². The van der Waals surface area contributed by atoms with Gasteiger partial charge in [0, 0.05) is 17.8 Å². The minimum Gasteiger partial charge on any atom is -0.481 e. The highest BCUT2D eigenvalue weighted by Crippen LogP contribution is 2.48. The number of urea groups is 1. The molecule has 0 aromatic carbocycles. The minimum absolute atomic E-state index is 0.145. The number of carboxylic acids is 1. The Morgan fingerprint density at radius 1 is 1.35 bits per heavy atom. The maximum absolute atomic E-state index is 12.1. The molecule has 114 valence electrons. The molecule has 0 spiro atoms. The monoisotopic (exact) mass is 300 g/mol. The summed E-state index contributed by atoms with van der Waals surface area (Å²) < 4.78 is 0. The minimum atomic E-state index is -0.765. The average Bonchev–Trinajstić information content (AvgIpc) is 2.98. The number of carbonyl (C=O) groups excluding carboxylic acids is 1. The van der Waals surface area contributed by atoms with Gasteiger partial charge in [0.25, 0.3) is 0 Å². The molecule has 0 heterocycles. The van der Waals surface area contributed by atoms with E-state index in [1.165, 1.54) is 0 Å². The van der Waals surface area contributed by atoms with Gasteiger partial charge in [0.2, 0.25) is 0 Å². The number of carbonyl (C=O) groups is 2. The normalized spacial score (nSPS) is 32.9. The zero-order valence-electron chi connectivity index (χ0n) is 12.1. The Kier molecular flexibility index (Phi) is 5.18. The highest BCUT2D eigenvalue weighted by molar-refractivity contribution is 7.98. The molecular weight excluding hydrogens is 276 g/mol. The molecule has 0 saturated heterocycles. The SMILES string of the molecule is CCC(CSC)NC(=O)NC1C2CCC(C2)C1C(=O)O. The van der Waals surface area contributed by atoms with Crippen molar-refractivity contribution >= 4 is 23.8 Å². The van der Waals surface area contributed by atoms with E-state index in [9.17, 15) is 14.7 Å². The van der Waals surface area contributed by atoms with E-state index in [0.717, 1.165) is 31.4 Å². The maximum atomic E-state index is 12.1. The lowest BCUT2D eigenvalue weighted by Crippen LogP contribution is -2.52. The summed E-state index contributed by atoms with van der Waals surface area (Å²) in [5.41, 5.74) is 0. The lowest BCUT2D eigenvalue weighted by molar-refractivity contribution is -0.144. The lowest BCUT2D eigenvalue weighted by atomic mass is 9.84. The molecule has 2 aliphatic rings. The van der Waals surface area contributed by atoms with Crippen LogP contribution >= 0.6 is 11.8 Å². The number of nitrogens with one attached hydrogen (secondary N) is 2. The third-order valence-electron chi connectivity index (χ3n) is 4.70. The molecule has 0 aromatic rings. The van der Waals surface area contributed by atoms with Crippen LogP contribution in [0, 0.1) is 17.8 Å². The summed E-state index contributed by atoms with van der Waals surface area (Å²) in [4.78, 5) is 23.5. The second-order valence-corrected chi connectivity index (χ2v) is 6.81. The van der Waals surface area contributed by atoms with Crippen LogP contribution in [-0.2, 0) is 4.79 Å². The van der Waals surface area contributed by atoms with Crippen molar-refractivity contribution in [3.8, 4) is 0 Å². The van der Waals surface area contributed by atoms with Gasteiger partial charge in [0.05, 0.1) is 5.92 Å². The highest BCUT2D eigenvalue weighted by Gasteiger charge is 2.51. The summed E-state index contributed by atoms with van der Waals surface area (Å²) in [6, 6.07) is -0.264. The van der Waals surface area contributed by atoms with Crippen molar-refractivity contribution in [1.82, 2.24) is 10.6 Å². The summed E-state index contributed by atoms with van der Waals surface area (Å²) in [5, 5.41) is 15.2. The molecular formula is C14H24N2O3S. The first-order chi connectivity index (χ1) is 9.56. The molecule has 0 radical (unpaired) electrons. The first kappa shape index (κ1) is 15.5. The molecule has 5 unspecified atom stereocenters. The quantitative estimate of drug-likeness (QED) is 0.700. The van der Waals surface area contributed by atoms with E-state index in [2.05, 4.69) is 10.6 Å². The molecule has 2 bridgehead atoms. The predicted octanol–water partition coefficient (Wildman–Crippen LogP) is 1.93. The number of aliphatic carboxylic acids is 1. The van der Waals surface area contributed by atoms with E-state index in [0.29, 0.717) is 5.92 Å². The summed E-state index contributed by atoms with van der Waals surface area (Å²) in [6.45, 7) is 2.04. The first-order valence-corrected chi connectivity index (χ1v) is 8.75. The number of carboxylic acid groups (broad SMARTS) is 1. The van der Waals surface area contributed by atoms with E-state index in [4.69, 9.17) is 0 Å². The van der Waals surface area contributed by atoms with Crippen LogP contribution in [0.25, 0.3) is 0 Å². The first-order valence-electron chi connectivity index (χ1n) is 7.35. The third-order valence-corrected chi connectivity index (χ3v) is 5.43. The smallest absolute Gasteiger partial charge is 0.315 e. The van der Waals surface area contributed by atoms with Gasteiger partial charge in [-0.05, 0) is 43.8 Å². The van der Waals surface area contributed by atoms with Crippen LogP contribution in [-0.4, -0.2) is 41.2 Å². The van der Waals surface area contributed by atoms with Crippen LogP contribution in [0.3, 0.4) is 0 Å². The Balaban J connectivity index is 1.91. The maximum Gasteiger partial charge on any atom is 0.315 e. The van der Waals surface area contributed by atoms with E-state index >= 15 is 0 Å². The average molecular weight is 300 g/mol. The zero-order chi connectivity index (χ0) is 14.7. The van der Waals surface area contributed by atoms with Gasteiger partial charge in [-0.1, -0.05) is 6.92 Å². The van der Waals surface area contributed by atoms with E-state index < -0.39 is 11.9 Å². The van der Waals surface area contributed by atoms with Crippen molar-refractivity contribution in [2.75, 3.05) is 12.0 Å². The van der Waals surface area contributed by atoms with Crippen molar-refractivity contribution in [3.05, 3.63) is 0 Å². The largest absolute Gasteiger partial charge is 0.481 e. The second kappa shape index (κ2) is 6.70. The van der Waals surface area contributed by atoms with Crippen LogP contribution in [0.1, 0.15) is 32.6 Å². The Morgan fingerprint density at radius 2 is 2.05 bits per heavy atom. The number of rotatable bonds is 6. The summed E-state index contributed by atoms with van der Waals surface area (Å²) in [5.74, 6) is 0.297. The molecule has 2 aliphatic carbocycles. The predicted molar refractivity (Wildman–Crippen MR) is 79.9 cm³/mol. The summed E-state index contributed by atoms with van der Waals surface area (Å²) in [7, 11) is 0. The Bertz CT molecular complexity index is 377.